The molecule has 5 aromatic rings. The Labute approximate surface area is 176 Å². The highest BCUT2D eigenvalue weighted by molar-refractivity contribution is 7.17. The maximum atomic E-state index is 4.73. The molecule has 5 aromatic heterocycles. The molecular formula is C21H18N8S. The van der Waals surface area contributed by atoms with Gasteiger partial charge in [0, 0.05) is 42.2 Å². The lowest BCUT2D eigenvalue weighted by atomic mass is 10.0. The van der Waals surface area contributed by atoms with Gasteiger partial charge in [-0.15, -0.1) is 26.6 Å². The van der Waals surface area contributed by atoms with Crippen molar-refractivity contribution in [2.24, 2.45) is 0 Å². The topological polar surface area (TPSA) is 84.1 Å². The molecule has 0 radical (unpaired) electrons. The molecule has 6 heterocycles. The molecule has 0 atom stereocenters. The van der Waals surface area contributed by atoms with Crippen LogP contribution in [0.5, 0.6) is 0 Å². The molecule has 9 heteroatoms. The number of thiophene rings is 1. The first-order valence-electron chi connectivity index (χ1n) is 9.74. The molecule has 1 aliphatic rings. The van der Waals surface area contributed by atoms with Crippen LogP contribution in [0.3, 0.4) is 0 Å². The van der Waals surface area contributed by atoms with Crippen molar-refractivity contribution in [1.82, 2.24) is 29.8 Å². The van der Waals surface area contributed by atoms with E-state index in [1.807, 2.05) is 24.5 Å². The molecule has 0 aromatic carbocycles. The summed E-state index contributed by atoms with van der Waals surface area (Å²) >= 11 is 1.64. The van der Waals surface area contributed by atoms with Gasteiger partial charge in [-0.3, -0.25) is 4.98 Å². The van der Waals surface area contributed by atoms with Crippen molar-refractivity contribution in [3.63, 3.8) is 0 Å². The fourth-order valence-corrected chi connectivity index (χ4v) is 4.80. The Morgan fingerprint density at radius 2 is 2.17 bits per heavy atom. The van der Waals surface area contributed by atoms with Gasteiger partial charge in [0.1, 0.15) is 11.2 Å². The van der Waals surface area contributed by atoms with Gasteiger partial charge in [0.2, 0.25) is 0 Å². The second-order valence-electron chi connectivity index (χ2n) is 7.42. The maximum absolute atomic E-state index is 4.73. The van der Waals surface area contributed by atoms with E-state index in [2.05, 4.69) is 49.8 Å². The van der Waals surface area contributed by atoms with Gasteiger partial charge in [-0.1, -0.05) is 0 Å². The zero-order chi connectivity index (χ0) is 20.1. The summed E-state index contributed by atoms with van der Waals surface area (Å²) in [6.07, 6.45) is 6.27. The van der Waals surface area contributed by atoms with Gasteiger partial charge in [-0.25, -0.2) is 4.98 Å². The number of hydrogen-bond donors (Lipinski definition) is 1. The van der Waals surface area contributed by atoms with Gasteiger partial charge in [-0.2, -0.15) is 4.52 Å². The Kier molecular flexibility index (Phi) is 3.88. The number of nitrogens with zero attached hydrogens (tertiary/aromatic N) is 7. The second kappa shape index (κ2) is 6.74. The van der Waals surface area contributed by atoms with Gasteiger partial charge in [0.05, 0.1) is 17.6 Å². The number of fused-ring (bicyclic) bond motifs is 3. The van der Waals surface area contributed by atoms with Crippen molar-refractivity contribution in [3.8, 4) is 0 Å². The van der Waals surface area contributed by atoms with Crippen LogP contribution < -0.4 is 10.2 Å². The van der Waals surface area contributed by atoms with E-state index in [1.54, 1.807) is 22.2 Å². The summed E-state index contributed by atoms with van der Waals surface area (Å²) in [5, 5.41) is 19.5. The Bertz CT molecular complexity index is 1390. The Morgan fingerprint density at radius 3 is 3.13 bits per heavy atom. The minimum atomic E-state index is 0.763. The highest BCUT2D eigenvalue weighted by atomic mass is 32.1. The van der Waals surface area contributed by atoms with Crippen LogP contribution in [0, 0.1) is 6.92 Å². The zero-order valence-corrected chi connectivity index (χ0v) is 17.1. The molecule has 0 aliphatic carbocycles. The average molecular weight is 414 g/mol. The van der Waals surface area contributed by atoms with Crippen molar-refractivity contribution in [2.45, 2.75) is 19.9 Å². The van der Waals surface area contributed by atoms with E-state index in [4.69, 9.17) is 10.1 Å². The fourth-order valence-electron chi connectivity index (χ4n) is 3.96. The third-order valence-corrected chi connectivity index (χ3v) is 6.33. The van der Waals surface area contributed by atoms with Crippen LogP contribution in [0.1, 0.15) is 16.8 Å². The quantitative estimate of drug-likeness (QED) is 0.481. The van der Waals surface area contributed by atoms with Gasteiger partial charge < -0.3 is 10.2 Å². The van der Waals surface area contributed by atoms with Crippen LogP contribution >= 0.6 is 11.3 Å². The predicted octanol–water partition coefficient (Wildman–Crippen LogP) is 3.74. The molecule has 148 valence electrons. The lowest BCUT2D eigenvalue weighted by Gasteiger charge is -2.30. The van der Waals surface area contributed by atoms with E-state index < -0.39 is 0 Å². The summed E-state index contributed by atoms with van der Waals surface area (Å²) < 4.78 is 1.73. The summed E-state index contributed by atoms with van der Waals surface area (Å²) in [4.78, 5) is 12.5. The molecule has 0 bridgehead atoms. The van der Waals surface area contributed by atoms with E-state index in [9.17, 15) is 0 Å². The number of pyridine rings is 2. The van der Waals surface area contributed by atoms with Crippen molar-refractivity contribution >= 4 is 44.4 Å². The van der Waals surface area contributed by atoms with E-state index in [0.29, 0.717) is 0 Å². The number of aromatic nitrogens is 6. The van der Waals surface area contributed by atoms with Crippen LogP contribution in [-0.2, 0) is 13.0 Å². The molecule has 6 rings (SSSR count). The summed E-state index contributed by atoms with van der Waals surface area (Å²) in [6, 6.07) is 8.27. The van der Waals surface area contributed by atoms with Crippen LogP contribution in [-0.4, -0.2) is 36.3 Å². The third kappa shape index (κ3) is 2.86. The zero-order valence-electron chi connectivity index (χ0n) is 16.3. The normalized spacial score (nSPS) is 13.7. The van der Waals surface area contributed by atoms with Gasteiger partial charge in [-0.05, 0) is 42.3 Å². The molecule has 0 unspecified atom stereocenters. The Balaban J connectivity index is 1.31. The summed E-state index contributed by atoms with van der Waals surface area (Å²) in [7, 11) is 0. The van der Waals surface area contributed by atoms with Crippen LogP contribution in [0.4, 0.5) is 17.2 Å². The molecule has 0 amide bonds. The first kappa shape index (κ1) is 17.3. The Hall–Kier alpha value is -3.59. The van der Waals surface area contributed by atoms with Crippen molar-refractivity contribution in [1.29, 1.82) is 0 Å². The first-order valence-corrected chi connectivity index (χ1v) is 10.6. The number of nitrogens with one attached hydrogen (secondary N) is 1. The van der Waals surface area contributed by atoms with E-state index in [1.165, 1.54) is 5.56 Å². The molecule has 1 aliphatic heterocycles. The van der Waals surface area contributed by atoms with Crippen LogP contribution in [0.2, 0.25) is 0 Å². The third-order valence-electron chi connectivity index (χ3n) is 5.42. The average Bonchev–Trinajstić information content (AvgIpc) is 3.39. The maximum Gasteiger partial charge on any atom is 0.177 e. The molecule has 1 N–H and O–H groups in total. The van der Waals surface area contributed by atoms with E-state index in [-0.39, 0.29) is 0 Å². The number of hydrogen-bond acceptors (Lipinski definition) is 8. The van der Waals surface area contributed by atoms with E-state index >= 15 is 0 Å². The van der Waals surface area contributed by atoms with Gasteiger partial charge in [0.15, 0.2) is 11.5 Å². The second-order valence-corrected chi connectivity index (χ2v) is 8.27. The van der Waals surface area contributed by atoms with Crippen molar-refractivity contribution in [2.75, 3.05) is 16.8 Å². The molecule has 0 saturated carbocycles. The number of rotatable bonds is 3. The number of aryl methyl sites for hydroxylation is 1. The molecule has 30 heavy (non-hydrogen) atoms. The Morgan fingerprint density at radius 1 is 1.20 bits per heavy atom. The highest BCUT2D eigenvalue weighted by Crippen LogP contribution is 2.32. The minimum Gasteiger partial charge on any atom is -0.353 e. The van der Waals surface area contributed by atoms with Crippen molar-refractivity contribution < 1.29 is 0 Å². The smallest absolute Gasteiger partial charge is 0.177 e. The fraction of sp³-hybridized carbons (Fsp3) is 0.190. The molecule has 0 fully saturated rings. The molecular weight excluding hydrogens is 396 g/mol. The summed E-state index contributed by atoms with van der Waals surface area (Å²) in [6.45, 7) is 3.72. The SMILES string of the molecule is Cc1cc2nncn2nc1N1CCc2ncc(Nc3csc4ncccc34)cc2C1. The van der Waals surface area contributed by atoms with E-state index in [0.717, 1.165) is 63.8 Å². The minimum absolute atomic E-state index is 0.763. The number of anilines is 3. The van der Waals surface area contributed by atoms with Gasteiger partial charge in [0.25, 0.3) is 0 Å². The lowest BCUT2D eigenvalue weighted by molar-refractivity contribution is 0.689. The predicted molar refractivity (Wildman–Crippen MR) is 117 cm³/mol. The largest absolute Gasteiger partial charge is 0.353 e. The summed E-state index contributed by atoms with van der Waals surface area (Å²) in [5.74, 6) is 0.959. The summed E-state index contributed by atoms with van der Waals surface area (Å²) in [5.41, 5.74) is 6.27. The monoisotopic (exact) mass is 414 g/mol. The first-order chi connectivity index (χ1) is 14.7. The van der Waals surface area contributed by atoms with Crippen LogP contribution in [0.15, 0.2) is 48.4 Å². The van der Waals surface area contributed by atoms with Crippen molar-refractivity contribution in [3.05, 3.63) is 65.2 Å². The van der Waals surface area contributed by atoms with Gasteiger partial charge >= 0.3 is 0 Å². The lowest BCUT2D eigenvalue weighted by Crippen LogP contribution is -2.32. The molecule has 0 spiro atoms. The van der Waals surface area contributed by atoms with Crippen LogP contribution in [0.25, 0.3) is 15.9 Å². The molecule has 8 nitrogen and oxygen atoms in total. The highest BCUT2D eigenvalue weighted by Gasteiger charge is 2.21. The molecule has 0 saturated heterocycles. The standard InChI is InChI=1S/C21H18N8S/c1-13-7-19-26-24-12-29(19)27-20(13)28-6-4-17-14(10-28)8-15(9-23-17)25-18-11-30-21-16(18)3-2-5-22-21/h2-3,5,7-9,11-12,25H,4,6,10H2,1H3.